The van der Waals surface area contributed by atoms with Crippen LogP contribution in [0.25, 0.3) is 40.0 Å². The summed E-state index contributed by atoms with van der Waals surface area (Å²) in [7, 11) is 0. The number of halogens is 3. The van der Waals surface area contributed by atoms with E-state index in [4.69, 9.17) is 0 Å². The summed E-state index contributed by atoms with van der Waals surface area (Å²) in [6.07, 6.45) is -0.194. The van der Waals surface area contributed by atoms with E-state index in [1.807, 2.05) is 0 Å². The van der Waals surface area contributed by atoms with Crippen molar-refractivity contribution in [2.24, 2.45) is 11.8 Å². The van der Waals surface area contributed by atoms with Gasteiger partial charge in [-0.1, -0.05) is 216 Å². The fourth-order valence-electron chi connectivity index (χ4n) is 13.7. The number of hydrogen-bond acceptors (Lipinski definition) is 0. The van der Waals surface area contributed by atoms with Gasteiger partial charge in [0.1, 0.15) is 11.0 Å². The molecule has 0 spiro atoms. The van der Waals surface area contributed by atoms with E-state index in [1.165, 1.54) is 51.9 Å². The van der Waals surface area contributed by atoms with Gasteiger partial charge in [-0.25, -0.2) is 0 Å². The molecule has 412 valence electrons. The van der Waals surface area contributed by atoms with Crippen LogP contribution in [0.15, 0.2) is 97.1 Å². The van der Waals surface area contributed by atoms with Crippen molar-refractivity contribution in [3.05, 3.63) is 169 Å². The maximum absolute atomic E-state index is 16.0. The number of alkyl halides is 3. The first-order valence-corrected chi connectivity index (χ1v) is 29.4. The first-order valence-electron chi connectivity index (χ1n) is 29.4. The van der Waals surface area contributed by atoms with E-state index in [0.717, 1.165) is 91.5 Å². The Kier molecular flexibility index (Phi) is 14.1. The van der Waals surface area contributed by atoms with Crippen LogP contribution < -0.4 is 32.8 Å². The Hall–Kier alpha value is -5.88. The third-order valence-electron chi connectivity index (χ3n) is 18.3. The van der Waals surface area contributed by atoms with Gasteiger partial charge < -0.3 is 0 Å². The molecule has 0 saturated heterocycles. The molecule has 8 heteroatoms. The third-order valence-corrected chi connectivity index (χ3v) is 18.3. The minimum atomic E-state index is -4.60. The summed E-state index contributed by atoms with van der Waals surface area (Å²) in [4.78, 5) is 0. The molecule has 3 heterocycles. The van der Waals surface area contributed by atoms with Crippen molar-refractivity contribution >= 4 is 58.3 Å². The molecule has 2 aliphatic heterocycles. The summed E-state index contributed by atoms with van der Waals surface area (Å²) in [5.41, 5.74) is 20.7. The molecule has 6 aromatic carbocycles. The van der Waals surface area contributed by atoms with E-state index in [0.29, 0.717) is 28.7 Å². The largest absolute Gasteiger partial charge is 0.416 e. The van der Waals surface area contributed by atoms with Crippen LogP contribution in [-0.4, -0.2) is 27.1 Å². The second-order valence-corrected chi connectivity index (χ2v) is 28.7. The summed E-state index contributed by atoms with van der Waals surface area (Å²) < 4.78 is 55.5. The molecule has 0 amide bonds. The Morgan fingerprint density at radius 1 is 0.494 bits per heavy atom. The first-order chi connectivity index (χ1) is 36.7. The number of hydrogen-bond donors (Lipinski definition) is 0. The zero-order chi connectivity index (χ0) is 57.4. The van der Waals surface area contributed by atoms with E-state index >= 15 is 13.2 Å². The van der Waals surface area contributed by atoms with E-state index < -0.39 is 25.2 Å². The van der Waals surface area contributed by atoms with Crippen molar-refractivity contribution in [3.63, 3.8) is 0 Å². The van der Waals surface area contributed by atoms with Crippen LogP contribution in [-0.2, 0) is 34.3 Å². The molecule has 0 radical (unpaired) electrons. The highest BCUT2D eigenvalue weighted by Gasteiger charge is 2.42. The van der Waals surface area contributed by atoms with Crippen LogP contribution in [0.2, 0.25) is 0 Å². The molecule has 0 fully saturated rings. The van der Waals surface area contributed by atoms with Crippen LogP contribution in [0, 0.1) is 39.5 Å². The van der Waals surface area contributed by atoms with Gasteiger partial charge in [-0.15, -0.1) is 0 Å². The van der Waals surface area contributed by atoms with Gasteiger partial charge in [-0.3, -0.25) is 13.7 Å². The maximum Gasteiger partial charge on any atom is 0.416 e. The lowest BCUT2D eigenvalue weighted by molar-refractivity contribution is -0.137. The molecule has 0 bridgehead atoms. The van der Waals surface area contributed by atoms with Gasteiger partial charge in [0.25, 0.3) is 0 Å². The number of benzene rings is 6. The molecule has 0 saturated carbocycles. The van der Waals surface area contributed by atoms with E-state index in [9.17, 15) is 0 Å². The highest BCUT2D eigenvalue weighted by Crippen LogP contribution is 2.41. The number of fused-ring (bicyclic) bond motifs is 2. The standard InChI is InChI=1S/C71H86B2F3N3/c1-20-48-27-42(2)28-49-30-60-61(39-57(49)47(7)29-48)78(56-35-52(69(14,15)16)32-53(36-56)70(17,18)19)63-41-73(65-45(5)25-22-26-46(65)6)59-38-54(71(74,75)76)37-58-66(59)79(63)62(40-72(58)64-43(3)23-21-24-44(64)4)77(60)55-33-50(67(8,9)10)31-51(34-55)68(11,12)13/h21-26,30-42,47-48H,20,27-29H2,1-19H3. The third kappa shape index (κ3) is 10.2. The van der Waals surface area contributed by atoms with Crippen molar-refractivity contribution in [1.29, 1.82) is 0 Å². The fraction of sp³-hybridized carbons (Fsp3) is 0.437. The lowest BCUT2D eigenvalue weighted by Gasteiger charge is -2.34. The highest BCUT2D eigenvalue weighted by atomic mass is 19.4. The smallest absolute Gasteiger partial charge is 0.295 e. The van der Waals surface area contributed by atoms with Gasteiger partial charge in [0, 0.05) is 17.1 Å². The second kappa shape index (κ2) is 19.7. The van der Waals surface area contributed by atoms with Crippen LogP contribution in [0.1, 0.15) is 190 Å². The van der Waals surface area contributed by atoms with Crippen molar-refractivity contribution in [2.75, 3.05) is 0 Å². The fourth-order valence-corrected chi connectivity index (χ4v) is 13.7. The van der Waals surface area contributed by atoms with Gasteiger partial charge >= 0.3 is 6.18 Å². The quantitative estimate of drug-likeness (QED) is 0.153. The predicted octanol–water partition coefficient (Wildman–Crippen LogP) is 14.8. The predicted molar refractivity (Wildman–Crippen MR) is 334 cm³/mol. The van der Waals surface area contributed by atoms with Gasteiger partial charge in [0.15, 0.2) is 0 Å². The minimum Gasteiger partial charge on any atom is -0.295 e. The maximum atomic E-state index is 16.0. The van der Waals surface area contributed by atoms with E-state index in [-0.39, 0.29) is 21.7 Å². The molecule has 3 nitrogen and oxygen atoms in total. The van der Waals surface area contributed by atoms with Crippen molar-refractivity contribution < 1.29 is 13.2 Å². The van der Waals surface area contributed by atoms with Gasteiger partial charge in [0.2, 0.25) is 13.4 Å². The Balaban J connectivity index is 1.60. The number of rotatable bonds is 5. The Bertz CT molecular complexity index is 3650. The molecule has 10 rings (SSSR count). The summed E-state index contributed by atoms with van der Waals surface area (Å²) in [5, 5.41) is 0. The summed E-state index contributed by atoms with van der Waals surface area (Å²) >= 11 is 0. The zero-order valence-electron chi connectivity index (χ0n) is 51.1. The molecule has 1 aromatic heterocycles. The average molecular weight is 1060 g/mol. The molecule has 79 heavy (non-hydrogen) atoms. The molecule has 3 aliphatic rings. The van der Waals surface area contributed by atoms with Crippen LogP contribution in [0.5, 0.6) is 0 Å². The zero-order valence-corrected chi connectivity index (χ0v) is 51.1. The molecule has 7 aromatic rings. The molecular formula is C71H86B2F3N3. The van der Waals surface area contributed by atoms with E-state index in [2.05, 4.69) is 242 Å². The van der Waals surface area contributed by atoms with Crippen LogP contribution >= 0.6 is 0 Å². The Labute approximate surface area is 471 Å². The summed E-state index contributed by atoms with van der Waals surface area (Å²) in [6, 6.07) is 35.2. The van der Waals surface area contributed by atoms with Gasteiger partial charge in [-0.2, -0.15) is 13.2 Å². The number of aryl methyl sites for hydroxylation is 4. The lowest BCUT2D eigenvalue weighted by atomic mass is 9.34. The molecular weight excluding hydrogens is 973 g/mol. The van der Waals surface area contributed by atoms with Crippen LogP contribution in [0.4, 0.5) is 13.2 Å². The van der Waals surface area contributed by atoms with Gasteiger partial charge in [-0.05, 0) is 167 Å². The van der Waals surface area contributed by atoms with Crippen molar-refractivity contribution in [1.82, 2.24) is 13.7 Å². The summed E-state index contributed by atoms with van der Waals surface area (Å²) in [6.45, 7) is 42.3. The van der Waals surface area contributed by atoms with Crippen molar-refractivity contribution in [2.45, 2.75) is 191 Å². The molecule has 3 atom stereocenters. The average Bonchev–Trinajstić information content (AvgIpc) is 3.75. The number of nitrogens with zero attached hydrogens (tertiary/aromatic N) is 3. The summed E-state index contributed by atoms with van der Waals surface area (Å²) in [5.74, 6) is 6.07. The number of aromatic nitrogens is 3. The second-order valence-electron chi connectivity index (χ2n) is 28.7. The SMILES string of the molecule is CCC1CC(C)Cc2cc3c(cc2C(C)C1)n(-c1cc(C(C)(C)C)cc(C(C)(C)C)c1)c1n2c(n3-c3cc(C(C)(C)C)cc(C(C)(C)C)c3)=CB(c3c(C)cccc3C)c3cc(C(F)(F)F)cc(c3-2)B(c2c(C)cccc2C)C=1. The van der Waals surface area contributed by atoms with E-state index in [1.54, 1.807) is 0 Å². The normalized spacial score (nSPS) is 17.7. The molecule has 1 aliphatic carbocycles. The topological polar surface area (TPSA) is 14.8 Å². The molecule has 0 N–H and O–H groups in total. The highest BCUT2D eigenvalue weighted by molar-refractivity contribution is 7.00. The Morgan fingerprint density at radius 2 is 0.886 bits per heavy atom. The Morgan fingerprint density at radius 3 is 1.25 bits per heavy atom. The first kappa shape index (κ1) is 56.4. The lowest BCUT2D eigenvalue weighted by Crippen LogP contribution is -2.62. The monoisotopic (exact) mass is 1060 g/mol. The van der Waals surface area contributed by atoms with Crippen molar-refractivity contribution in [3.8, 4) is 17.1 Å². The minimum absolute atomic E-state index is 0.204. The molecule has 3 unspecified atom stereocenters. The van der Waals surface area contributed by atoms with Crippen LogP contribution in [0.3, 0.4) is 0 Å². The van der Waals surface area contributed by atoms with Gasteiger partial charge in [0.05, 0.1) is 16.6 Å².